The fourth-order valence-electron chi connectivity index (χ4n) is 2.21. The number of hydrogen-bond donors (Lipinski definition) is 2. The lowest BCUT2D eigenvalue weighted by atomic mass is 10.1. The van der Waals surface area contributed by atoms with E-state index in [1.54, 1.807) is 18.3 Å². The number of benzene rings is 1. The van der Waals surface area contributed by atoms with E-state index in [0.29, 0.717) is 11.1 Å². The predicted octanol–water partition coefficient (Wildman–Crippen LogP) is 0.267. The van der Waals surface area contributed by atoms with Crippen molar-refractivity contribution < 1.29 is 14.4 Å². The van der Waals surface area contributed by atoms with Gasteiger partial charge in [-0.3, -0.25) is 19.7 Å². The molecule has 0 atom stereocenters. The summed E-state index contributed by atoms with van der Waals surface area (Å²) in [4.78, 5) is 39.2. The van der Waals surface area contributed by atoms with E-state index in [9.17, 15) is 14.4 Å². The zero-order chi connectivity index (χ0) is 13.4. The molecule has 2 aromatic rings. The van der Waals surface area contributed by atoms with Gasteiger partial charge < -0.3 is 9.88 Å². The number of carbonyl (C=O) groups is 3. The minimum Gasteiger partial charge on any atom is -0.361 e. The van der Waals surface area contributed by atoms with Crippen molar-refractivity contribution in [2.75, 3.05) is 13.1 Å². The van der Waals surface area contributed by atoms with Crippen LogP contribution in [-0.2, 0) is 9.59 Å². The Morgan fingerprint density at radius 1 is 1.11 bits per heavy atom. The van der Waals surface area contributed by atoms with Crippen LogP contribution in [0.5, 0.6) is 0 Å². The lowest BCUT2D eigenvalue weighted by molar-refractivity contribution is -0.135. The van der Waals surface area contributed by atoms with Gasteiger partial charge in [-0.15, -0.1) is 0 Å². The number of nitrogens with one attached hydrogen (secondary N) is 2. The third-order valence-corrected chi connectivity index (χ3v) is 3.05. The molecule has 0 spiro atoms. The maximum absolute atomic E-state index is 12.4. The van der Waals surface area contributed by atoms with Crippen molar-refractivity contribution in [3.8, 4) is 0 Å². The monoisotopic (exact) mass is 257 g/mol. The summed E-state index contributed by atoms with van der Waals surface area (Å²) in [6, 6.07) is 7.20. The van der Waals surface area contributed by atoms with Crippen LogP contribution < -0.4 is 5.32 Å². The van der Waals surface area contributed by atoms with Gasteiger partial charge in [-0.2, -0.15) is 0 Å². The maximum Gasteiger partial charge on any atom is 0.256 e. The van der Waals surface area contributed by atoms with Gasteiger partial charge in [-0.25, -0.2) is 0 Å². The van der Waals surface area contributed by atoms with E-state index in [4.69, 9.17) is 0 Å². The first-order chi connectivity index (χ1) is 9.15. The van der Waals surface area contributed by atoms with Crippen LogP contribution >= 0.6 is 0 Å². The molecule has 3 rings (SSSR count). The standard InChI is InChI=1S/C13H11N3O3/c17-10-6-16(7-11(18)15-10)13(19)9-3-1-2-8-4-5-14-12(8)9/h1-5,14H,6-7H2,(H,15,17,18). The number of amides is 3. The molecule has 2 N–H and O–H groups in total. The highest BCUT2D eigenvalue weighted by atomic mass is 16.2. The molecule has 3 amide bonds. The molecular weight excluding hydrogens is 246 g/mol. The highest BCUT2D eigenvalue weighted by Crippen LogP contribution is 2.18. The third kappa shape index (κ3) is 1.97. The Balaban J connectivity index is 1.97. The van der Waals surface area contributed by atoms with Crippen LogP contribution in [-0.4, -0.2) is 40.7 Å². The average Bonchev–Trinajstić information content (AvgIpc) is 2.84. The quantitative estimate of drug-likeness (QED) is 0.719. The fourth-order valence-corrected chi connectivity index (χ4v) is 2.21. The topological polar surface area (TPSA) is 82.3 Å². The van der Waals surface area contributed by atoms with Crippen molar-refractivity contribution in [2.24, 2.45) is 0 Å². The minimum atomic E-state index is -0.455. The molecule has 0 aliphatic carbocycles. The van der Waals surface area contributed by atoms with E-state index in [1.807, 2.05) is 12.1 Å². The van der Waals surface area contributed by atoms with Crippen LogP contribution in [0.3, 0.4) is 0 Å². The van der Waals surface area contributed by atoms with Gasteiger partial charge in [0, 0.05) is 11.6 Å². The fraction of sp³-hybridized carbons (Fsp3) is 0.154. The second-order valence-electron chi connectivity index (χ2n) is 4.38. The Morgan fingerprint density at radius 3 is 2.58 bits per heavy atom. The predicted molar refractivity (Wildman–Crippen MR) is 67.4 cm³/mol. The van der Waals surface area contributed by atoms with Gasteiger partial charge in [-0.1, -0.05) is 12.1 Å². The van der Waals surface area contributed by atoms with Crippen molar-refractivity contribution >= 4 is 28.6 Å². The molecule has 6 heteroatoms. The first-order valence-electron chi connectivity index (χ1n) is 5.83. The number of para-hydroxylation sites is 1. The van der Waals surface area contributed by atoms with Crippen LogP contribution in [0.1, 0.15) is 10.4 Å². The van der Waals surface area contributed by atoms with Gasteiger partial charge in [0.05, 0.1) is 11.1 Å². The lowest BCUT2D eigenvalue weighted by Crippen LogP contribution is -2.53. The third-order valence-electron chi connectivity index (χ3n) is 3.05. The molecule has 96 valence electrons. The Labute approximate surface area is 108 Å². The smallest absolute Gasteiger partial charge is 0.256 e. The van der Waals surface area contributed by atoms with Crippen molar-refractivity contribution in [3.63, 3.8) is 0 Å². The van der Waals surface area contributed by atoms with Crippen molar-refractivity contribution in [2.45, 2.75) is 0 Å². The van der Waals surface area contributed by atoms with Gasteiger partial charge in [0.25, 0.3) is 5.91 Å². The molecule has 1 aromatic heterocycles. The molecule has 1 fully saturated rings. The summed E-state index contributed by atoms with van der Waals surface area (Å²) in [6.45, 7) is -0.191. The number of aromatic nitrogens is 1. The highest BCUT2D eigenvalue weighted by molar-refractivity contribution is 6.10. The Morgan fingerprint density at radius 2 is 1.84 bits per heavy atom. The molecule has 1 aromatic carbocycles. The summed E-state index contributed by atoms with van der Waals surface area (Å²) in [6.07, 6.45) is 1.75. The maximum atomic E-state index is 12.4. The average molecular weight is 257 g/mol. The molecular formula is C13H11N3O3. The van der Waals surface area contributed by atoms with Crippen molar-refractivity contribution in [1.29, 1.82) is 0 Å². The number of aromatic amines is 1. The molecule has 0 saturated carbocycles. The summed E-state index contributed by atoms with van der Waals surface area (Å²) in [5, 5.41) is 3.08. The number of piperazine rings is 1. The second kappa shape index (κ2) is 4.24. The van der Waals surface area contributed by atoms with E-state index in [0.717, 1.165) is 5.39 Å². The number of H-pyrrole nitrogens is 1. The van der Waals surface area contributed by atoms with Crippen LogP contribution in [0.4, 0.5) is 0 Å². The van der Waals surface area contributed by atoms with Gasteiger partial charge in [0.1, 0.15) is 13.1 Å². The van der Waals surface area contributed by atoms with Crippen LogP contribution in [0.25, 0.3) is 10.9 Å². The first kappa shape index (κ1) is 11.5. The highest BCUT2D eigenvalue weighted by Gasteiger charge is 2.27. The number of hydrogen-bond acceptors (Lipinski definition) is 3. The summed E-state index contributed by atoms with van der Waals surface area (Å²) in [5.41, 5.74) is 1.18. The van der Waals surface area contributed by atoms with Crippen molar-refractivity contribution in [3.05, 3.63) is 36.0 Å². The van der Waals surface area contributed by atoms with Gasteiger partial charge in [0.15, 0.2) is 0 Å². The molecule has 2 heterocycles. The van der Waals surface area contributed by atoms with Gasteiger partial charge in [0.2, 0.25) is 11.8 Å². The lowest BCUT2D eigenvalue weighted by Gasteiger charge is -2.25. The summed E-state index contributed by atoms with van der Waals surface area (Å²) in [5.74, 6) is -1.23. The first-order valence-corrected chi connectivity index (χ1v) is 5.83. The summed E-state index contributed by atoms with van der Waals surface area (Å²) in [7, 11) is 0. The van der Waals surface area contributed by atoms with E-state index in [1.165, 1.54) is 4.90 Å². The largest absolute Gasteiger partial charge is 0.361 e. The molecule has 0 radical (unpaired) electrons. The molecule has 1 saturated heterocycles. The Kier molecular flexibility index (Phi) is 2.56. The Hall–Kier alpha value is -2.63. The van der Waals surface area contributed by atoms with Gasteiger partial charge in [-0.05, 0) is 12.1 Å². The SMILES string of the molecule is O=C1CN(C(=O)c2cccc3cc[nH]c23)CC(=O)N1. The van der Waals surface area contributed by atoms with Gasteiger partial charge >= 0.3 is 0 Å². The molecule has 0 bridgehead atoms. The number of rotatable bonds is 1. The number of imide groups is 1. The minimum absolute atomic E-state index is 0.0956. The number of nitrogens with zero attached hydrogens (tertiary/aromatic N) is 1. The molecule has 19 heavy (non-hydrogen) atoms. The van der Waals surface area contributed by atoms with E-state index in [2.05, 4.69) is 10.3 Å². The van der Waals surface area contributed by atoms with Crippen LogP contribution in [0, 0.1) is 0 Å². The molecule has 6 nitrogen and oxygen atoms in total. The Bertz CT molecular complexity index is 673. The van der Waals surface area contributed by atoms with E-state index in [-0.39, 0.29) is 19.0 Å². The molecule has 0 unspecified atom stereocenters. The number of fused-ring (bicyclic) bond motifs is 1. The normalized spacial score (nSPS) is 15.7. The number of carbonyl (C=O) groups excluding carboxylic acids is 3. The van der Waals surface area contributed by atoms with E-state index >= 15 is 0 Å². The molecule has 1 aliphatic heterocycles. The summed E-state index contributed by atoms with van der Waals surface area (Å²) < 4.78 is 0. The summed E-state index contributed by atoms with van der Waals surface area (Å²) >= 11 is 0. The van der Waals surface area contributed by atoms with Crippen LogP contribution in [0.2, 0.25) is 0 Å². The zero-order valence-electron chi connectivity index (χ0n) is 9.97. The van der Waals surface area contributed by atoms with E-state index < -0.39 is 11.8 Å². The van der Waals surface area contributed by atoms with Crippen molar-refractivity contribution in [1.82, 2.24) is 15.2 Å². The second-order valence-corrected chi connectivity index (χ2v) is 4.38. The molecule has 1 aliphatic rings. The van der Waals surface area contributed by atoms with Crippen LogP contribution in [0.15, 0.2) is 30.5 Å². The zero-order valence-corrected chi connectivity index (χ0v) is 9.97.